The van der Waals surface area contributed by atoms with Crippen LogP contribution in [0.3, 0.4) is 0 Å². The molecule has 0 radical (unpaired) electrons. The van der Waals surface area contributed by atoms with E-state index in [2.05, 4.69) is 26.3 Å². The van der Waals surface area contributed by atoms with Gasteiger partial charge in [0.15, 0.2) is 5.96 Å². The zero-order valence-corrected chi connectivity index (χ0v) is 29.5. The number of nitrogens with two attached hydrogens (primary N) is 3. The van der Waals surface area contributed by atoms with E-state index in [0.29, 0.717) is 29.9 Å². The van der Waals surface area contributed by atoms with Crippen molar-refractivity contribution in [2.45, 2.75) is 83.5 Å². The van der Waals surface area contributed by atoms with Crippen LogP contribution in [-0.4, -0.2) is 83.9 Å². The summed E-state index contributed by atoms with van der Waals surface area (Å²) in [5.74, 6) is -5.61. The lowest BCUT2D eigenvalue weighted by Gasteiger charge is -2.26. The van der Waals surface area contributed by atoms with Crippen molar-refractivity contribution < 1.29 is 43.0 Å². The van der Waals surface area contributed by atoms with Gasteiger partial charge >= 0.3 is 5.97 Å². The summed E-state index contributed by atoms with van der Waals surface area (Å²) < 4.78 is 18.8. The Morgan fingerprint density at radius 1 is 0.788 bits per heavy atom. The molecule has 284 valence electrons. The number of carbonyl (C=O) groups is 6. The number of guanidine groups is 1. The number of nitrogens with zero attached hydrogens (tertiary/aromatic N) is 1. The number of ether oxygens (including phenoxy) is 1. The van der Waals surface area contributed by atoms with Gasteiger partial charge in [-0.25, -0.2) is 9.18 Å². The van der Waals surface area contributed by atoms with Gasteiger partial charge in [0, 0.05) is 13.0 Å². The van der Waals surface area contributed by atoms with Gasteiger partial charge in [0.05, 0.1) is 19.4 Å². The number of aliphatic carboxylic acids is 1. The summed E-state index contributed by atoms with van der Waals surface area (Å²) >= 11 is 0. The maximum Gasteiger partial charge on any atom is 0.326 e. The number of carboxylic acids is 1. The van der Waals surface area contributed by atoms with Crippen LogP contribution in [0.25, 0.3) is 0 Å². The van der Waals surface area contributed by atoms with Crippen molar-refractivity contribution in [1.82, 2.24) is 21.3 Å². The van der Waals surface area contributed by atoms with E-state index in [-0.39, 0.29) is 44.1 Å². The Balaban J connectivity index is 2.23. The molecule has 16 nitrogen and oxygen atoms in total. The number of rotatable bonds is 22. The van der Waals surface area contributed by atoms with Crippen LogP contribution in [0.1, 0.15) is 57.6 Å². The number of hydrogen-bond donors (Lipinski definition) is 8. The lowest BCUT2D eigenvalue weighted by molar-refractivity contribution is -0.142. The van der Waals surface area contributed by atoms with Crippen LogP contribution in [0.2, 0.25) is 0 Å². The van der Waals surface area contributed by atoms with Crippen LogP contribution >= 0.6 is 0 Å². The summed E-state index contributed by atoms with van der Waals surface area (Å²) in [5, 5.41) is 19.8. The zero-order valence-electron chi connectivity index (χ0n) is 29.5. The molecule has 0 saturated heterocycles. The smallest absolute Gasteiger partial charge is 0.326 e. The van der Waals surface area contributed by atoms with Crippen molar-refractivity contribution in [3.63, 3.8) is 0 Å². The number of halogens is 1. The molecule has 5 amide bonds. The Bertz CT molecular complexity index is 1550. The highest BCUT2D eigenvalue weighted by atomic mass is 19.1. The van der Waals surface area contributed by atoms with Crippen molar-refractivity contribution in [2.75, 3.05) is 13.2 Å². The van der Waals surface area contributed by atoms with Gasteiger partial charge in [0.25, 0.3) is 0 Å². The highest BCUT2D eigenvalue weighted by molar-refractivity contribution is 5.96. The number of aliphatic imine (C=N–C) groups is 1. The monoisotopic (exact) mass is 728 g/mol. The summed E-state index contributed by atoms with van der Waals surface area (Å²) in [5.41, 5.74) is 17.2. The second kappa shape index (κ2) is 21.5. The number of carbonyl (C=O) groups excluding carboxylic acids is 5. The van der Waals surface area contributed by atoms with Gasteiger partial charge in [0.1, 0.15) is 35.7 Å². The summed E-state index contributed by atoms with van der Waals surface area (Å²) in [4.78, 5) is 81.3. The number of primary amides is 1. The van der Waals surface area contributed by atoms with E-state index in [1.165, 1.54) is 12.1 Å². The van der Waals surface area contributed by atoms with E-state index in [0.717, 1.165) is 12.1 Å². The van der Waals surface area contributed by atoms with Gasteiger partial charge in [-0.05, 0) is 67.5 Å². The number of nitrogens with one attached hydrogen (secondary N) is 4. The molecule has 0 spiro atoms. The van der Waals surface area contributed by atoms with Crippen molar-refractivity contribution in [2.24, 2.45) is 28.1 Å². The summed E-state index contributed by atoms with van der Waals surface area (Å²) in [6, 6.07) is 6.43. The average Bonchev–Trinajstić information content (AvgIpc) is 3.06. The highest BCUT2D eigenvalue weighted by Gasteiger charge is 2.32. The molecule has 4 atom stereocenters. The molecule has 0 aliphatic carbocycles. The molecular formula is C35H49FN8O8. The van der Waals surface area contributed by atoms with Crippen LogP contribution in [0.5, 0.6) is 5.75 Å². The number of benzene rings is 2. The summed E-state index contributed by atoms with van der Waals surface area (Å²) in [7, 11) is 0. The van der Waals surface area contributed by atoms with E-state index in [9.17, 15) is 38.3 Å². The largest absolute Gasteiger partial charge is 0.494 e. The van der Waals surface area contributed by atoms with Crippen LogP contribution in [-0.2, 0) is 41.6 Å². The molecule has 0 heterocycles. The second-order valence-corrected chi connectivity index (χ2v) is 12.5. The third-order valence-corrected chi connectivity index (χ3v) is 7.54. The van der Waals surface area contributed by atoms with Crippen molar-refractivity contribution >= 4 is 41.5 Å². The van der Waals surface area contributed by atoms with Crippen molar-refractivity contribution in [3.8, 4) is 5.75 Å². The maximum atomic E-state index is 13.6. The Morgan fingerprint density at radius 2 is 1.35 bits per heavy atom. The van der Waals surface area contributed by atoms with Crippen molar-refractivity contribution in [3.05, 3.63) is 65.5 Å². The topological polar surface area (TPSA) is 270 Å². The molecule has 2 aromatic carbocycles. The Labute approximate surface area is 301 Å². The Kier molecular flexibility index (Phi) is 17.5. The number of amides is 5. The zero-order chi connectivity index (χ0) is 38.8. The first-order chi connectivity index (χ1) is 24.6. The predicted molar refractivity (Wildman–Crippen MR) is 190 cm³/mol. The van der Waals surface area contributed by atoms with E-state index in [1.807, 2.05) is 6.92 Å². The molecule has 17 heteroatoms. The van der Waals surface area contributed by atoms with Gasteiger partial charge in [-0.1, -0.05) is 38.1 Å². The molecule has 2 aromatic rings. The lowest BCUT2D eigenvalue weighted by atomic mass is 10.0. The van der Waals surface area contributed by atoms with Crippen LogP contribution in [0, 0.1) is 11.7 Å². The maximum absolute atomic E-state index is 13.6. The fourth-order valence-corrected chi connectivity index (χ4v) is 5.06. The number of carboxylic acid groups (broad SMARTS) is 1. The van der Waals surface area contributed by atoms with Gasteiger partial charge in [-0.3, -0.25) is 29.0 Å². The minimum absolute atomic E-state index is 0.0532. The lowest BCUT2D eigenvalue weighted by Crippen LogP contribution is -2.58. The average molecular weight is 729 g/mol. The minimum Gasteiger partial charge on any atom is -0.494 e. The first-order valence-electron chi connectivity index (χ1n) is 16.8. The SMILES string of the molecule is CCOc1ccc(CC(=O)N[C@@H](CCCN=C(N)N)C(=O)N[C@@H](CC(C)C)C(=O)N[C@@H](CC(N)=O)C(=O)N[C@@H](Cc2ccc(F)cc2)C(=O)O)cc1. The second-order valence-electron chi connectivity index (χ2n) is 12.5. The van der Waals surface area contributed by atoms with E-state index in [4.69, 9.17) is 21.9 Å². The van der Waals surface area contributed by atoms with E-state index >= 15 is 0 Å². The van der Waals surface area contributed by atoms with Gasteiger partial charge in [-0.2, -0.15) is 0 Å². The molecule has 0 aliphatic rings. The van der Waals surface area contributed by atoms with Gasteiger partial charge < -0.3 is 48.3 Å². The molecule has 0 saturated carbocycles. The van der Waals surface area contributed by atoms with Crippen molar-refractivity contribution in [1.29, 1.82) is 0 Å². The van der Waals surface area contributed by atoms with Crippen LogP contribution in [0.4, 0.5) is 4.39 Å². The predicted octanol–water partition coefficient (Wildman–Crippen LogP) is 0.00850. The van der Waals surface area contributed by atoms with Gasteiger partial charge in [0.2, 0.25) is 29.5 Å². The molecule has 0 unspecified atom stereocenters. The van der Waals surface area contributed by atoms with E-state index < -0.39 is 71.9 Å². The van der Waals surface area contributed by atoms with Crippen LogP contribution in [0.15, 0.2) is 53.5 Å². The third-order valence-electron chi connectivity index (χ3n) is 7.54. The molecule has 11 N–H and O–H groups in total. The fraction of sp³-hybridized carbons (Fsp3) is 0.457. The normalized spacial score (nSPS) is 13.1. The molecular weight excluding hydrogens is 679 g/mol. The Morgan fingerprint density at radius 3 is 1.90 bits per heavy atom. The highest BCUT2D eigenvalue weighted by Crippen LogP contribution is 2.13. The summed E-state index contributed by atoms with van der Waals surface area (Å²) in [6.45, 7) is 6.08. The Hall–Kier alpha value is -5.74. The minimum atomic E-state index is -1.60. The molecule has 0 fully saturated rings. The van der Waals surface area contributed by atoms with E-state index in [1.54, 1.807) is 38.1 Å². The third kappa shape index (κ3) is 15.9. The molecule has 0 bridgehead atoms. The molecule has 0 aliphatic heterocycles. The number of hydrogen-bond acceptors (Lipinski definition) is 8. The van der Waals surface area contributed by atoms with Gasteiger partial charge in [-0.15, -0.1) is 0 Å². The first-order valence-corrected chi connectivity index (χ1v) is 16.8. The quantitative estimate of drug-likeness (QED) is 0.0457. The standard InChI is InChI=1S/C35H49FN8O8/c1-4-52-24-13-9-22(10-14-24)18-30(46)41-25(6-5-15-40-35(38)39)31(47)42-26(16-20(2)3)32(48)43-27(19-29(37)45)33(49)44-28(34(50)51)17-21-7-11-23(36)12-8-21/h7-14,20,25-28H,4-6,15-19H2,1-3H3,(H2,37,45)(H,41,46)(H,42,47)(H,43,48)(H,44,49)(H,50,51)(H4,38,39,40)/t25-,26-,27-,28-/m0/s1. The molecule has 2 rings (SSSR count). The fourth-order valence-electron chi connectivity index (χ4n) is 5.06. The molecule has 52 heavy (non-hydrogen) atoms. The van der Waals surface area contributed by atoms with Crippen LogP contribution < -0.4 is 43.2 Å². The summed E-state index contributed by atoms with van der Waals surface area (Å²) in [6.07, 6.45) is -0.472. The first kappa shape index (κ1) is 42.4. The molecule has 0 aromatic heterocycles.